The van der Waals surface area contributed by atoms with Crippen LogP contribution in [-0.2, 0) is 24.3 Å². The average Bonchev–Trinajstić information content (AvgIpc) is 2.83. The van der Waals surface area contributed by atoms with Crippen LogP contribution in [0.2, 0.25) is 0 Å². The first-order valence-electron chi connectivity index (χ1n) is 9.78. The van der Waals surface area contributed by atoms with Crippen molar-refractivity contribution in [1.82, 2.24) is 4.31 Å². The third-order valence-corrected chi connectivity index (χ3v) is 6.72. The van der Waals surface area contributed by atoms with Gasteiger partial charge < -0.3 is 19.5 Å². The minimum absolute atomic E-state index is 0.159. The number of anilines is 1. The number of methoxy groups -OCH3 is 2. The number of ether oxygens (including phenoxy) is 3. The fourth-order valence-electron chi connectivity index (χ4n) is 3.07. The lowest BCUT2D eigenvalue weighted by atomic mass is 10.1. The van der Waals surface area contributed by atoms with Gasteiger partial charge in [-0.3, -0.25) is 4.79 Å². The Balaban J connectivity index is 1.69. The molecule has 1 aliphatic rings. The van der Waals surface area contributed by atoms with E-state index < -0.39 is 21.9 Å². The number of carbonyl (C=O) groups is 2. The van der Waals surface area contributed by atoms with Gasteiger partial charge in [-0.25, -0.2) is 13.2 Å². The summed E-state index contributed by atoms with van der Waals surface area (Å²) in [5.41, 5.74) is 1.08. The first-order valence-corrected chi connectivity index (χ1v) is 11.2. The molecule has 9 nitrogen and oxygen atoms in total. The fourth-order valence-corrected chi connectivity index (χ4v) is 4.48. The maximum absolute atomic E-state index is 12.7. The van der Waals surface area contributed by atoms with Gasteiger partial charge in [0.1, 0.15) is 5.75 Å². The number of carbonyl (C=O) groups excluding carboxylic acids is 2. The van der Waals surface area contributed by atoms with E-state index in [0.717, 1.165) is 0 Å². The van der Waals surface area contributed by atoms with Gasteiger partial charge in [0.25, 0.3) is 0 Å². The number of nitrogens with one attached hydrogen (secondary N) is 1. The molecular weight excluding hydrogens is 436 g/mol. The van der Waals surface area contributed by atoms with Crippen molar-refractivity contribution < 1.29 is 32.2 Å². The second-order valence-electron chi connectivity index (χ2n) is 6.81. The highest BCUT2D eigenvalue weighted by atomic mass is 32.2. The third kappa shape index (κ3) is 5.52. The van der Waals surface area contributed by atoms with E-state index >= 15 is 0 Å². The first kappa shape index (κ1) is 23.5. The molecule has 1 fully saturated rings. The molecule has 3 rings (SSSR count). The van der Waals surface area contributed by atoms with Gasteiger partial charge in [-0.1, -0.05) is 12.1 Å². The summed E-state index contributed by atoms with van der Waals surface area (Å²) in [6, 6.07) is 10.9. The van der Waals surface area contributed by atoms with Crippen molar-refractivity contribution in [2.75, 3.05) is 45.8 Å². The highest BCUT2D eigenvalue weighted by Gasteiger charge is 2.26. The molecule has 0 atom stereocenters. The smallest absolute Gasteiger partial charge is 0.340 e. The van der Waals surface area contributed by atoms with Crippen molar-refractivity contribution in [2.24, 2.45) is 0 Å². The van der Waals surface area contributed by atoms with Crippen LogP contribution in [-0.4, -0.2) is 65.1 Å². The Hall–Kier alpha value is -3.21. The number of hydrogen-bond donors (Lipinski definition) is 1. The SMILES string of the molecule is COC(=O)c1cc(OC)ccc1NC(=O)/C=C/c1ccc(S(=O)(=O)N2CCOCC2)cc1. The van der Waals surface area contributed by atoms with Crippen LogP contribution < -0.4 is 10.1 Å². The molecule has 1 heterocycles. The minimum Gasteiger partial charge on any atom is -0.497 e. The van der Waals surface area contributed by atoms with Gasteiger partial charge in [0.2, 0.25) is 15.9 Å². The zero-order valence-corrected chi connectivity index (χ0v) is 18.6. The molecule has 0 saturated carbocycles. The summed E-state index contributed by atoms with van der Waals surface area (Å²) in [5.74, 6) is -0.628. The quantitative estimate of drug-likeness (QED) is 0.498. The lowest BCUT2D eigenvalue weighted by molar-refractivity contribution is -0.111. The number of amides is 1. The van der Waals surface area contributed by atoms with Crippen LogP contribution in [0.25, 0.3) is 6.08 Å². The molecule has 1 amide bonds. The molecule has 2 aromatic rings. The zero-order chi connectivity index (χ0) is 23.1. The van der Waals surface area contributed by atoms with E-state index in [-0.39, 0.29) is 16.1 Å². The molecule has 0 unspecified atom stereocenters. The Bertz CT molecular complexity index is 1110. The van der Waals surface area contributed by atoms with Crippen molar-refractivity contribution >= 4 is 33.7 Å². The summed E-state index contributed by atoms with van der Waals surface area (Å²) in [4.78, 5) is 24.5. The molecule has 1 aliphatic heterocycles. The number of sulfonamides is 1. The zero-order valence-electron chi connectivity index (χ0n) is 17.7. The highest BCUT2D eigenvalue weighted by molar-refractivity contribution is 7.89. The van der Waals surface area contributed by atoms with E-state index in [1.54, 1.807) is 30.3 Å². The van der Waals surface area contributed by atoms with Crippen molar-refractivity contribution in [2.45, 2.75) is 4.90 Å². The van der Waals surface area contributed by atoms with Crippen molar-refractivity contribution in [3.63, 3.8) is 0 Å². The van der Waals surface area contributed by atoms with Crippen LogP contribution in [0.15, 0.2) is 53.4 Å². The Labute approximate surface area is 186 Å². The lowest BCUT2D eigenvalue weighted by Crippen LogP contribution is -2.40. The van der Waals surface area contributed by atoms with Crippen LogP contribution in [0.4, 0.5) is 5.69 Å². The molecule has 10 heteroatoms. The van der Waals surface area contributed by atoms with Gasteiger partial charge in [-0.05, 0) is 42.0 Å². The minimum atomic E-state index is -3.58. The van der Waals surface area contributed by atoms with Gasteiger partial charge in [0.05, 0.1) is 43.6 Å². The van der Waals surface area contributed by atoms with Crippen LogP contribution >= 0.6 is 0 Å². The van der Waals surface area contributed by atoms with Gasteiger partial charge in [0, 0.05) is 19.2 Å². The standard InChI is InChI=1S/C22H24N2O7S/c1-29-17-6-9-20(19(15-17)22(26)30-2)23-21(25)10-5-16-3-7-18(8-4-16)32(27,28)24-11-13-31-14-12-24/h3-10,15H,11-14H2,1-2H3,(H,23,25)/b10-5+. The van der Waals surface area contributed by atoms with Crippen LogP contribution in [0.1, 0.15) is 15.9 Å². The Morgan fingerprint density at radius 2 is 1.75 bits per heavy atom. The van der Waals surface area contributed by atoms with Gasteiger partial charge in [0.15, 0.2) is 0 Å². The Morgan fingerprint density at radius 1 is 1.06 bits per heavy atom. The molecular formula is C22H24N2O7S. The average molecular weight is 461 g/mol. The molecule has 1 saturated heterocycles. The summed E-state index contributed by atoms with van der Waals surface area (Å²) < 4.78 is 41.8. The van der Waals surface area contributed by atoms with Crippen molar-refractivity contribution in [3.8, 4) is 5.75 Å². The number of hydrogen-bond acceptors (Lipinski definition) is 7. The molecule has 32 heavy (non-hydrogen) atoms. The van der Waals surface area contributed by atoms with E-state index in [2.05, 4.69) is 5.32 Å². The van der Waals surface area contributed by atoms with Gasteiger partial charge in [-0.15, -0.1) is 0 Å². The third-order valence-electron chi connectivity index (χ3n) is 4.80. The van der Waals surface area contributed by atoms with Crippen LogP contribution in [0.5, 0.6) is 5.75 Å². The number of benzene rings is 2. The van der Waals surface area contributed by atoms with E-state index in [9.17, 15) is 18.0 Å². The maximum Gasteiger partial charge on any atom is 0.340 e. The largest absolute Gasteiger partial charge is 0.497 e. The molecule has 170 valence electrons. The summed E-state index contributed by atoms with van der Waals surface area (Å²) in [6.45, 7) is 1.40. The number of morpholine rings is 1. The van der Waals surface area contributed by atoms with E-state index in [4.69, 9.17) is 14.2 Å². The molecule has 0 spiro atoms. The molecule has 2 aromatic carbocycles. The number of nitrogens with zero attached hydrogens (tertiary/aromatic N) is 1. The van der Waals surface area contributed by atoms with Crippen molar-refractivity contribution in [3.05, 3.63) is 59.7 Å². The van der Waals surface area contributed by atoms with E-state index in [0.29, 0.717) is 37.6 Å². The normalized spacial score (nSPS) is 14.8. The topological polar surface area (TPSA) is 111 Å². The van der Waals surface area contributed by atoms with E-state index in [1.165, 1.54) is 42.8 Å². The van der Waals surface area contributed by atoms with E-state index in [1.807, 2.05) is 0 Å². The summed E-state index contributed by atoms with van der Waals surface area (Å²) in [5, 5.41) is 2.63. The summed E-state index contributed by atoms with van der Waals surface area (Å²) >= 11 is 0. The molecule has 0 aliphatic carbocycles. The highest BCUT2D eigenvalue weighted by Crippen LogP contribution is 2.23. The monoisotopic (exact) mass is 460 g/mol. The lowest BCUT2D eigenvalue weighted by Gasteiger charge is -2.26. The summed E-state index contributed by atoms with van der Waals surface area (Å²) in [6.07, 6.45) is 2.83. The molecule has 1 N–H and O–H groups in total. The predicted octanol–water partition coefficient (Wildman–Crippen LogP) is 2.15. The van der Waals surface area contributed by atoms with Crippen LogP contribution in [0, 0.1) is 0 Å². The fraction of sp³-hybridized carbons (Fsp3) is 0.273. The molecule has 0 radical (unpaired) electrons. The van der Waals surface area contributed by atoms with Gasteiger partial charge in [-0.2, -0.15) is 4.31 Å². The summed E-state index contributed by atoms with van der Waals surface area (Å²) in [7, 11) is -0.863. The second-order valence-corrected chi connectivity index (χ2v) is 8.75. The van der Waals surface area contributed by atoms with Crippen LogP contribution in [0.3, 0.4) is 0 Å². The second kappa shape index (κ2) is 10.4. The first-order chi connectivity index (χ1) is 15.3. The Kier molecular flexibility index (Phi) is 7.62. The molecule has 0 bridgehead atoms. The van der Waals surface area contributed by atoms with Crippen molar-refractivity contribution in [1.29, 1.82) is 0 Å². The number of rotatable bonds is 7. The van der Waals surface area contributed by atoms with Gasteiger partial charge >= 0.3 is 5.97 Å². The Morgan fingerprint density at radius 3 is 2.38 bits per heavy atom. The number of esters is 1. The maximum atomic E-state index is 12.7. The molecule has 0 aromatic heterocycles. The predicted molar refractivity (Wildman–Crippen MR) is 118 cm³/mol.